The minimum absolute atomic E-state index is 0.221. The fourth-order valence-corrected chi connectivity index (χ4v) is 3.41. The van der Waals surface area contributed by atoms with Gasteiger partial charge in [-0.1, -0.05) is 27.7 Å². The largest absolute Gasteiger partial charge is 0.435 e. The Morgan fingerprint density at radius 2 is 1.96 bits per heavy atom. The molecule has 1 aromatic carbocycles. The van der Waals surface area contributed by atoms with E-state index in [0.717, 1.165) is 20.9 Å². The van der Waals surface area contributed by atoms with Crippen molar-refractivity contribution in [2.24, 2.45) is 18.5 Å². The SMILES string of the molecule is Cn1nc(C(F)(F)F)c(C(N)CC(N)=O)c1Sc1ccc(Br)cc1. The second-order valence-corrected chi connectivity index (χ2v) is 7.00. The molecule has 0 aliphatic carbocycles. The molecule has 0 fully saturated rings. The van der Waals surface area contributed by atoms with E-state index in [2.05, 4.69) is 21.0 Å². The molecule has 2 aromatic rings. The molecule has 0 saturated carbocycles. The monoisotopic (exact) mass is 422 g/mol. The predicted octanol–water partition coefficient (Wildman–Crippen LogP) is 3.23. The summed E-state index contributed by atoms with van der Waals surface area (Å²) < 4.78 is 41.8. The number of carbonyl (C=O) groups excluding carboxylic acids is 1. The molecule has 0 radical (unpaired) electrons. The summed E-state index contributed by atoms with van der Waals surface area (Å²) >= 11 is 4.38. The first-order valence-corrected chi connectivity index (χ1v) is 8.32. The number of halogens is 4. The minimum Gasteiger partial charge on any atom is -0.370 e. The molecule has 1 unspecified atom stereocenters. The Morgan fingerprint density at radius 1 is 1.38 bits per heavy atom. The smallest absolute Gasteiger partial charge is 0.370 e. The zero-order valence-corrected chi connectivity index (χ0v) is 14.9. The summed E-state index contributed by atoms with van der Waals surface area (Å²) in [6.07, 6.45) is -5.08. The summed E-state index contributed by atoms with van der Waals surface area (Å²) in [5.41, 5.74) is 9.56. The zero-order chi connectivity index (χ0) is 18.1. The van der Waals surface area contributed by atoms with Gasteiger partial charge in [0, 0.05) is 34.4 Å². The van der Waals surface area contributed by atoms with Crippen molar-refractivity contribution < 1.29 is 18.0 Å². The number of primary amides is 1. The van der Waals surface area contributed by atoms with Gasteiger partial charge >= 0.3 is 6.18 Å². The highest BCUT2D eigenvalue weighted by atomic mass is 79.9. The number of aromatic nitrogens is 2. The van der Waals surface area contributed by atoms with Crippen LogP contribution in [0.4, 0.5) is 13.2 Å². The van der Waals surface area contributed by atoms with Crippen LogP contribution in [0.2, 0.25) is 0 Å². The van der Waals surface area contributed by atoms with E-state index in [1.165, 1.54) is 7.05 Å². The molecule has 0 aliphatic heterocycles. The molecule has 0 spiro atoms. The van der Waals surface area contributed by atoms with Crippen LogP contribution in [-0.4, -0.2) is 15.7 Å². The van der Waals surface area contributed by atoms with Gasteiger partial charge in [-0.3, -0.25) is 9.48 Å². The van der Waals surface area contributed by atoms with E-state index in [9.17, 15) is 18.0 Å². The molecule has 0 saturated heterocycles. The van der Waals surface area contributed by atoms with E-state index in [1.54, 1.807) is 24.3 Å². The number of aryl methyl sites for hydroxylation is 1. The van der Waals surface area contributed by atoms with E-state index >= 15 is 0 Å². The molecule has 0 aliphatic rings. The lowest BCUT2D eigenvalue weighted by molar-refractivity contribution is -0.142. The fourth-order valence-electron chi connectivity index (χ4n) is 2.12. The standard InChI is InChI=1S/C14H14BrF3N4OS/c1-22-13(24-8-4-2-7(15)3-5-8)11(9(19)6-10(20)23)12(21-22)14(16,17)18/h2-5,9H,6,19H2,1H3,(H2,20,23). The molecule has 1 heterocycles. The number of amides is 1. The normalized spacial score (nSPS) is 13.1. The third kappa shape index (κ3) is 4.31. The van der Waals surface area contributed by atoms with E-state index in [1.807, 2.05) is 0 Å². The Kier molecular flexibility index (Phi) is 5.61. The molecule has 1 amide bonds. The van der Waals surface area contributed by atoms with Crippen molar-refractivity contribution in [2.75, 3.05) is 0 Å². The lowest BCUT2D eigenvalue weighted by Gasteiger charge is -2.14. The average molecular weight is 423 g/mol. The summed E-state index contributed by atoms with van der Waals surface area (Å²) in [7, 11) is 1.40. The second kappa shape index (κ2) is 7.16. The molecule has 10 heteroatoms. The van der Waals surface area contributed by atoms with Crippen LogP contribution in [0.15, 0.2) is 38.7 Å². The number of benzene rings is 1. The van der Waals surface area contributed by atoms with Crippen LogP contribution in [0.1, 0.15) is 23.7 Å². The van der Waals surface area contributed by atoms with Gasteiger partial charge in [0.05, 0.1) is 0 Å². The first-order chi connectivity index (χ1) is 11.1. The highest BCUT2D eigenvalue weighted by Crippen LogP contribution is 2.41. The number of hydrogen-bond donors (Lipinski definition) is 2. The quantitative estimate of drug-likeness (QED) is 0.773. The van der Waals surface area contributed by atoms with Crippen LogP contribution >= 0.6 is 27.7 Å². The van der Waals surface area contributed by atoms with Crippen LogP contribution in [-0.2, 0) is 18.0 Å². The van der Waals surface area contributed by atoms with Gasteiger partial charge in [0.25, 0.3) is 0 Å². The fraction of sp³-hybridized carbons (Fsp3) is 0.286. The Morgan fingerprint density at radius 3 is 2.46 bits per heavy atom. The van der Waals surface area contributed by atoms with Crippen LogP contribution < -0.4 is 11.5 Å². The number of carbonyl (C=O) groups is 1. The van der Waals surface area contributed by atoms with Crippen LogP contribution in [0.5, 0.6) is 0 Å². The van der Waals surface area contributed by atoms with Crippen LogP contribution in [0.25, 0.3) is 0 Å². The van der Waals surface area contributed by atoms with Crippen molar-refractivity contribution >= 4 is 33.6 Å². The summed E-state index contributed by atoms with van der Waals surface area (Å²) in [6, 6.07) is 5.85. The molecular weight excluding hydrogens is 409 g/mol. The molecule has 24 heavy (non-hydrogen) atoms. The maximum atomic E-state index is 13.3. The van der Waals surface area contributed by atoms with Crippen molar-refractivity contribution in [3.8, 4) is 0 Å². The molecule has 0 bridgehead atoms. The molecule has 2 rings (SSSR count). The summed E-state index contributed by atoms with van der Waals surface area (Å²) in [4.78, 5) is 11.8. The van der Waals surface area contributed by atoms with Gasteiger partial charge in [-0.2, -0.15) is 18.3 Å². The van der Waals surface area contributed by atoms with Crippen LogP contribution in [0, 0.1) is 0 Å². The molecular formula is C14H14BrF3N4OS. The van der Waals surface area contributed by atoms with Crippen molar-refractivity contribution in [2.45, 2.75) is 28.6 Å². The highest BCUT2D eigenvalue weighted by molar-refractivity contribution is 9.10. The average Bonchev–Trinajstić information content (AvgIpc) is 2.78. The number of hydrogen-bond acceptors (Lipinski definition) is 4. The van der Waals surface area contributed by atoms with Gasteiger partial charge in [0.1, 0.15) is 5.03 Å². The third-order valence-corrected chi connectivity index (χ3v) is 4.83. The van der Waals surface area contributed by atoms with E-state index in [4.69, 9.17) is 11.5 Å². The van der Waals surface area contributed by atoms with E-state index < -0.39 is 30.2 Å². The van der Waals surface area contributed by atoms with Crippen molar-refractivity contribution in [1.29, 1.82) is 0 Å². The van der Waals surface area contributed by atoms with Crippen molar-refractivity contribution in [3.63, 3.8) is 0 Å². The Labute approximate surface area is 148 Å². The van der Waals surface area contributed by atoms with Gasteiger partial charge < -0.3 is 11.5 Å². The third-order valence-electron chi connectivity index (χ3n) is 3.12. The molecule has 130 valence electrons. The summed E-state index contributed by atoms with van der Waals surface area (Å²) in [5.74, 6) is -0.779. The molecule has 1 aromatic heterocycles. The van der Waals surface area contributed by atoms with Crippen molar-refractivity contribution in [1.82, 2.24) is 9.78 Å². The second-order valence-electron chi connectivity index (χ2n) is 5.02. The summed E-state index contributed by atoms with van der Waals surface area (Å²) in [6.45, 7) is 0. The van der Waals surface area contributed by atoms with Gasteiger partial charge in [0.15, 0.2) is 5.69 Å². The van der Waals surface area contributed by atoms with E-state index in [0.29, 0.717) is 4.90 Å². The van der Waals surface area contributed by atoms with Gasteiger partial charge in [-0.05, 0) is 24.3 Å². The summed E-state index contributed by atoms with van der Waals surface area (Å²) in [5, 5.41) is 3.77. The topological polar surface area (TPSA) is 86.9 Å². The van der Waals surface area contributed by atoms with Gasteiger partial charge in [-0.15, -0.1) is 0 Å². The molecule has 5 nitrogen and oxygen atoms in total. The Bertz CT molecular complexity index is 746. The first-order valence-electron chi connectivity index (χ1n) is 6.71. The maximum absolute atomic E-state index is 13.3. The highest BCUT2D eigenvalue weighted by Gasteiger charge is 2.40. The Hall–Kier alpha value is -1.52. The zero-order valence-electron chi connectivity index (χ0n) is 12.5. The molecule has 1 atom stereocenters. The van der Waals surface area contributed by atoms with Gasteiger partial charge in [-0.25, -0.2) is 0 Å². The van der Waals surface area contributed by atoms with E-state index in [-0.39, 0.29) is 10.6 Å². The number of nitrogens with two attached hydrogens (primary N) is 2. The Balaban J connectivity index is 2.51. The first kappa shape index (κ1) is 18.8. The maximum Gasteiger partial charge on any atom is 0.435 e. The van der Waals surface area contributed by atoms with Crippen LogP contribution in [0.3, 0.4) is 0 Å². The lowest BCUT2D eigenvalue weighted by Crippen LogP contribution is -2.23. The van der Waals surface area contributed by atoms with Crippen molar-refractivity contribution in [3.05, 3.63) is 40.0 Å². The number of alkyl halides is 3. The molecule has 4 N–H and O–H groups in total. The predicted molar refractivity (Wildman–Crippen MR) is 87.2 cm³/mol. The lowest BCUT2D eigenvalue weighted by atomic mass is 10.0. The van der Waals surface area contributed by atoms with Gasteiger partial charge in [0.2, 0.25) is 5.91 Å². The number of rotatable bonds is 5. The minimum atomic E-state index is -4.68. The number of nitrogens with zero attached hydrogens (tertiary/aromatic N) is 2.